The first kappa shape index (κ1) is 26.1. The minimum Gasteiger partial charge on any atom is -0.450 e. The van der Waals surface area contributed by atoms with Crippen molar-refractivity contribution in [3.05, 3.63) is 48.5 Å². The highest BCUT2D eigenvalue weighted by molar-refractivity contribution is 7.87. The Morgan fingerprint density at radius 3 is 2.21 bits per heavy atom. The number of rotatable bonds is 7. The van der Waals surface area contributed by atoms with Crippen molar-refractivity contribution in [3.8, 4) is 5.75 Å². The Labute approximate surface area is 196 Å². The van der Waals surface area contributed by atoms with Crippen molar-refractivity contribution in [2.24, 2.45) is 4.99 Å². The van der Waals surface area contributed by atoms with Gasteiger partial charge < -0.3 is 24.3 Å². The van der Waals surface area contributed by atoms with E-state index in [1.807, 2.05) is 0 Å². The van der Waals surface area contributed by atoms with Gasteiger partial charge in [-0.05, 0) is 44.2 Å². The number of hydrogen-bond donors (Lipinski definition) is 3. The van der Waals surface area contributed by atoms with E-state index in [0.29, 0.717) is 0 Å². The van der Waals surface area contributed by atoms with E-state index in [-0.39, 0.29) is 41.2 Å². The van der Waals surface area contributed by atoms with Crippen LogP contribution >= 0.6 is 0 Å². The van der Waals surface area contributed by atoms with Crippen molar-refractivity contribution in [1.29, 1.82) is 0 Å². The number of hydrogen-bond acceptors (Lipinski definition) is 8. The molecule has 0 saturated heterocycles. The van der Waals surface area contributed by atoms with Gasteiger partial charge in [-0.15, -0.1) is 4.99 Å². The molecule has 0 fully saturated rings. The van der Waals surface area contributed by atoms with Crippen molar-refractivity contribution >= 4 is 45.5 Å². The molecule has 3 amide bonds. The summed E-state index contributed by atoms with van der Waals surface area (Å²) in [6.45, 7) is 4.48. The quantitative estimate of drug-likeness (QED) is 0.299. The van der Waals surface area contributed by atoms with Crippen molar-refractivity contribution < 1.29 is 36.5 Å². The Balaban J connectivity index is 2.41. The van der Waals surface area contributed by atoms with Crippen LogP contribution in [0.2, 0.25) is 0 Å². The first-order valence-electron chi connectivity index (χ1n) is 10.0. The normalized spacial score (nSPS) is 11.2. The number of alkyl carbamates (subject to hydrolysis) is 1. The minimum absolute atomic E-state index is 0.00690. The fourth-order valence-electron chi connectivity index (χ4n) is 2.46. The summed E-state index contributed by atoms with van der Waals surface area (Å²) < 4.78 is 40.0. The molecular formula is C21H24N4O8S. The number of anilines is 2. The molecule has 2 rings (SSSR count). The molecule has 0 aliphatic rings. The average Bonchev–Trinajstić information content (AvgIpc) is 2.75. The van der Waals surface area contributed by atoms with Crippen molar-refractivity contribution in [2.45, 2.75) is 25.7 Å². The zero-order valence-electron chi connectivity index (χ0n) is 18.7. The van der Waals surface area contributed by atoms with E-state index in [2.05, 4.69) is 20.9 Å². The molecule has 0 atom stereocenters. The molecule has 0 unspecified atom stereocenters. The summed E-state index contributed by atoms with van der Waals surface area (Å²) >= 11 is 0. The summed E-state index contributed by atoms with van der Waals surface area (Å²) in [5.41, 5.74) is 0.112. The van der Waals surface area contributed by atoms with E-state index >= 15 is 0 Å². The van der Waals surface area contributed by atoms with Gasteiger partial charge in [0.1, 0.15) is 10.6 Å². The number of guanidine groups is 1. The molecule has 12 nitrogen and oxygen atoms in total. The van der Waals surface area contributed by atoms with Crippen LogP contribution in [0.4, 0.5) is 21.0 Å². The van der Waals surface area contributed by atoms with Gasteiger partial charge in [0.15, 0.2) is 0 Å². The first-order valence-corrected chi connectivity index (χ1v) is 11.4. The van der Waals surface area contributed by atoms with Crippen LogP contribution in [0.15, 0.2) is 58.4 Å². The van der Waals surface area contributed by atoms with Crippen LogP contribution in [0.3, 0.4) is 0 Å². The molecule has 0 bridgehead atoms. The Bertz CT molecular complexity index is 1170. The van der Waals surface area contributed by atoms with Gasteiger partial charge in [0.05, 0.1) is 24.6 Å². The molecule has 13 heteroatoms. The summed E-state index contributed by atoms with van der Waals surface area (Å²) in [5, 5.41) is 7.36. The SMILES string of the molecule is CCOC(=O)/N=C(/NC(=O)OCC)Nc1ccc(S(=O)(=O)Oc2ccccc2)cc1NC(C)=O. The molecule has 182 valence electrons. The number of carbonyl (C=O) groups is 3. The van der Waals surface area contributed by atoms with Crippen molar-refractivity contribution in [1.82, 2.24) is 5.32 Å². The predicted molar refractivity (Wildman–Crippen MR) is 123 cm³/mol. The standard InChI is InChI=1S/C21H24N4O8S/c1-4-31-20(27)24-19(25-21(28)32-5-2)23-17-12-11-16(13-18(17)22-14(3)26)34(29,30)33-15-9-7-6-8-10-15/h6-13H,4-5H2,1-3H3,(H,22,26)(H2,23,24,25,27,28). The highest BCUT2D eigenvalue weighted by Gasteiger charge is 2.20. The number of benzene rings is 2. The van der Waals surface area contributed by atoms with E-state index in [4.69, 9.17) is 13.7 Å². The van der Waals surface area contributed by atoms with Gasteiger partial charge in [0.2, 0.25) is 11.9 Å². The van der Waals surface area contributed by atoms with E-state index in [1.54, 1.807) is 32.0 Å². The third-order valence-corrected chi connectivity index (χ3v) is 5.00. The molecule has 34 heavy (non-hydrogen) atoms. The van der Waals surface area contributed by atoms with Crippen molar-refractivity contribution in [3.63, 3.8) is 0 Å². The summed E-state index contributed by atoms with van der Waals surface area (Å²) in [6.07, 6.45) is -1.91. The van der Waals surface area contributed by atoms with Crippen molar-refractivity contribution in [2.75, 3.05) is 23.8 Å². The van der Waals surface area contributed by atoms with Crippen LogP contribution in [0, 0.1) is 0 Å². The molecule has 3 N–H and O–H groups in total. The maximum Gasteiger partial charge on any atom is 0.436 e. The third kappa shape index (κ3) is 8.09. The topological polar surface area (TPSA) is 161 Å². The summed E-state index contributed by atoms with van der Waals surface area (Å²) in [7, 11) is -4.24. The number of amides is 3. The van der Waals surface area contributed by atoms with E-state index in [0.717, 1.165) is 6.07 Å². The minimum atomic E-state index is -4.24. The largest absolute Gasteiger partial charge is 0.450 e. The Hall–Kier alpha value is -4.13. The molecule has 0 aromatic heterocycles. The monoisotopic (exact) mass is 492 g/mol. The fraction of sp³-hybridized carbons (Fsp3) is 0.238. The lowest BCUT2D eigenvalue weighted by Gasteiger charge is -2.16. The Morgan fingerprint density at radius 2 is 1.59 bits per heavy atom. The summed E-state index contributed by atoms with van der Waals surface area (Å²) in [5.74, 6) is -0.781. The lowest BCUT2D eigenvalue weighted by atomic mass is 10.2. The number of aliphatic imine (C=N–C) groups is 1. The second kappa shape index (κ2) is 12.2. The second-order valence-electron chi connectivity index (χ2n) is 6.37. The zero-order chi connectivity index (χ0) is 25.1. The molecule has 0 radical (unpaired) electrons. The predicted octanol–water partition coefficient (Wildman–Crippen LogP) is 3.08. The molecule has 0 aliphatic heterocycles. The van der Waals surface area contributed by atoms with E-state index < -0.39 is 28.2 Å². The van der Waals surface area contributed by atoms with Crippen LogP contribution in [0.5, 0.6) is 5.75 Å². The van der Waals surface area contributed by atoms with Gasteiger partial charge in [-0.1, -0.05) is 18.2 Å². The van der Waals surface area contributed by atoms with Crippen LogP contribution in [-0.4, -0.2) is 45.7 Å². The van der Waals surface area contributed by atoms with Gasteiger partial charge in [-0.2, -0.15) is 8.42 Å². The van der Waals surface area contributed by atoms with Crippen LogP contribution < -0.4 is 20.1 Å². The number of para-hydroxylation sites is 1. The zero-order valence-corrected chi connectivity index (χ0v) is 19.5. The average molecular weight is 493 g/mol. The van der Waals surface area contributed by atoms with Gasteiger partial charge >= 0.3 is 22.3 Å². The number of nitrogens with one attached hydrogen (secondary N) is 3. The highest BCUT2D eigenvalue weighted by Crippen LogP contribution is 2.27. The molecular weight excluding hydrogens is 468 g/mol. The van der Waals surface area contributed by atoms with Crippen LogP contribution in [0.1, 0.15) is 20.8 Å². The molecule has 2 aromatic carbocycles. The summed E-state index contributed by atoms with van der Waals surface area (Å²) in [6, 6.07) is 11.5. The summed E-state index contributed by atoms with van der Waals surface area (Å²) in [4.78, 5) is 38.7. The van der Waals surface area contributed by atoms with Gasteiger partial charge in [-0.3, -0.25) is 10.1 Å². The number of nitrogens with zero attached hydrogens (tertiary/aromatic N) is 1. The van der Waals surface area contributed by atoms with Gasteiger partial charge in [0.25, 0.3) is 0 Å². The maximum absolute atomic E-state index is 12.7. The van der Waals surface area contributed by atoms with E-state index in [1.165, 1.54) is 31.2 Å². The van der Waals surface area contributed by atoms with Gasteiger partial charge in [0, 0.05) is 6.92 Å². The molecule has 0 spiro atoms. The maximum atomic E-state index is 12.7. The Kier molecular flexibility index (Phi) is 9.38. The lowest BCUT2D eigenvalue weighted by molar-refractivity contribution is -0.114. The highest BCUT2D eigenvalue weighted by atomic mass is 32.2. The first-order chi connectivity index (χ1) is 16.1. The number of ether oxygens (including phenoxy) is 2. The molecule has 2 aromatic rings. The molecule has 0 heterocycles. The van der Waals surface area contributed by atoms with E-state index in [9.17, 15) is 22.8 Å². The lowest BCUT2D eigenvalue weighted by Crippen LogP contribution is -2.37. The molecule has 0 saturated carbocycles. The Morgan fingerprint density at radius 1 is 0.912 bits per heavy atom. The van der Waals surface area contributed by atoms with Crippen LogP contribution in [0.25, 0.3) is 0 Å². The second-order valence-corrected chi connectivity index (χ2v) is 7.92. The third-order valence-electron chi connectivity index (χ3n) is 3.76. The fourth-order valence-corrected chi connectivity index (χ4v) is 3.41. The van der Waals surface area contributed by atoms with Gasteiger partial charge in [-0.25, -0.2) is 9.59 Å². The molecule has 0 aliphatic carbocycles. The van der Waals surface area contributed by atoms with Crippen LogP contribution in [-0.2, 0) is 24.4 Å². The number of carbonyl (C=O) groups excluding carboxylic acids is 3. The smallest absolute Gasteiger partial charge is 0.436 e.